The first-order chi connectivity index (χ1) is 6.29. The molecule has 1 heteroatoms. The maximum atomic E-state index is 2.35. The van der Waals surface area contributed by atoms with Gasteiger partial charge in [-0.1, -0.05) is 0 Å². The van der Waals surface area contributed by atoms with Gasteiger partial charge in [0.25, 0.3) is 0 Å². The molecule has 0 aromatic heterocycles. The summed E-state index contributed by atoms with van der Waals surface area (Å²) >= 11 is 0.344. The van der Waals surface area contributed by atoms with Crippen molar-refractivity contribution in [2.24, 2.45) is 0 Å². The van der Waals surface area contributed by atoms with E-state index < -0.39 is 0 Å². The van der Waals surface area contributed by atoms with Crippen molar-refractivity contribution in [3.63, 3.8) is 0 Å². The number of aryl methyl sites for hydroxylation is 1. The van der Waals surface area contributed by atoms with Gasteiger partial charge in [0.2, 0.25) is 0 Å². The molecule has 0 nitrogen and oxygen atoms in total. The molecule has 0 fully saturated rings. The van der Waals surface area contributed by atoms with Gasteiger partial charge in [-0.15, -0.1) is 0 Å². The Balaban J connectivity index is 2.13. The third-order valence-corrected chi connectivity index (χ3v) is 5.10. The summed E-state index contributed by atoms with van der Waals surface area (Å²) in [5.74, 6) is 0. The van der Waals surface area contributed by atoms with Crippen molar-refractivity contribution in [1.82, 2.24) is 0 Å². The molecule has 0 amide bonds. The predicted octanol–water partition coefficient (Wildman–Crippen LogP) is 3.30. The van der Waals surface area contributed by atoms with Gasteiger partial charge in [0.05, 0.1) is 0 Å². The van der Waals surface area contributed by atoms with Crippen LogP contribution in [0.25, 0.3) is 0 Å². The molecule has 1 aromatic carbocycles. The van der Waals surface area contributed by atoms with Crippen molar-refractivity contribution >= 4 is 15.8 Å². The van der Waals surface area contributed by atoms with Gasteiger partial charge in [0, 0.05) is 0 Å². The molecule has 0 aliphatic carbocycles. The summed E-state index contributed by atoms with van der Waals surface area (Å²) < 4.78 is 0.982. The average molecular weight is 238 g/mol. The number of benzene rings is 1. The molecule has 13 heavy (non-hydrogen) atoms. The summed E-state index contributed by atoms with van der Waals surface area (Å²) in [5, 5.41) is 1.49. The molecule has 0 aliphatic heterocycles. The van der Waals surface area contributed by atoms with Crippen LogP contribution in [-0.2, 0) is 6.42 Å². The minimum absolute atomic E-state index is 0.344. The molecule has 0 N–H and O–H groups in total. The van der Waals surface area contributed by atoms with Crippen LogP contribution in [0.4, 0.5) is 0 Å². The van der Waals surface area contributed by atoms with Gasteiger partial charge in [-0.2, -0.15) is 0 Å². The van der Waals surface area contributed by atoms with E-state index in [2.05, 4.69) is 44.2 Å². The molecule has 72 valence electrons. The fraction of sp³-hybridized carbons (Fsp3) is 0.500. The molecule has 0 saturated carbocycles. The summed E-state index contributed by atoms with van der Waals surface area (Å²) in [4.78, 5) is 0. The summed E-state index contributed by atoms with van der Waals surface area (Å²) in [7, 11) is 0. The molecule has 0 heterocycles. The Labute approximate surface area is 88.4 Å². The predicted molar refractivity (Wildman–Crippen MR) is 61.8 cm³/mol. The second-order valence-electron chi connectivity index (χ2n) is 3.70. The Hall–Kier alpha value is -0.222. The average Bonchev–Trinajstić information content (AvgIpc) is 2.14. The fourth-order valence-corrected chi connectivity index (χ4v) is 3.34. The molecule has 0 aliphatic rings. The van der Waals surface area contributed by atoms with Gasteiger partial charge in [0.1, 0.15) is 0 Å². The first-order valence-electron chi connectivity index (χ1n) is 5.06. The Morgan fingerprint density at radius 3 is 2.46 bits per heavy atom. The zero-order valence-electron chi connectivity index (χ0n) is 8.59. The zero-order chi connectivity index (χ0) is 9.52. The van der Waals surface area contributed by atoms with Crippen molar-refractivity contribution in [2.75, 3.05) is 0 Å². The van der Waals surface area contributed by atoms with Gasteiger partial charge in [-0.3, -0.25) is 0 Å². The Bertz CT molecular complexity index is 216. The number of hydrogen-bond donors (Lipinski definition) is 0. The molecule has 0 radical (unpaired) electrons. The molecule has 1 aromatic rings. The van der Waals surface area contributed by atoms with Crippen LogP contribution in [0.15, 0.2) is 30.3 Å². The zero-order valence-corrected chi connectivity index (χ0v) is 10.7. The Morgan fingerprint density at radius 2 is 1.85 bits per heavy atom. The molecular formula is C12H19As. The number of hydrogen-bond acceptors (Lipinski definition) is 0. The molecule has 0 bridgehead atoms. The molecule has 0 saturated heterocycles. The van der Waals surface area contributed by atoms with Gasteiger partial charge in [0.15, 0.2) is 0 Å². The van der Waals surface area contributed by atoms with E-state index in [0.717, 1.165) is 4.71 Å². The van der Waals surface area contributed by atoms with Crippen molar-refractivity contribution in [3.05, 3.63) is 35.9 Å². The Kier molecular flexibility index (Phi) is 5.23. The fourth-order valence-electron chi connectivity index (χ4n) is 1.33. The van der Waals surface area contributed by atoms with Crippen molar-refractivity contribution < 1.29 is 0 Å². The molecule has 0 spiro atoms. The first kappa shape index (κ1) is 10.9. The maximum absolute atomic E-state index is 2.35. The normalized spacial score (nSPS) is 11.6. The van der Waals surface area contributed by atoms with E-state index in [1.54, 1.807) is 0 Å². The third-order valence-electron chi connectivity index (χ3n) is 2.04. The second kappa shape index (κ2) is 6.27. The standard InChI is InChI=1S/C12H19As/c1-11(2)13-10-6-9-12-7-4-3-5-8-12/h3-5,7-8,11,13H,6,9-10H2,1-2H3. The summed E-state index contributed by atoms with van der Waals surface area (Å²) in [6, 6.07) is 10.8. The van der Waals surface area contributed by atoms with E-state index in [4.69, 9.17) is 0 Å². The van der Waals surface area contributed by atoms with E-state index in [-0.39, 0.29) is 0 Å². The van der Waals surface area contributed by atoms with E-state index in [9.17, 15) is 0 Å². The van der Waals surface area contributed by atoms with Crippen LogP contribution in [-0.4, -0.2) is 15.8 Å². The second-order valence-corrected chi connectivity index (χ2v) is 8.03. The summed E-state index contributed by atoms with van der Waals surface area (Å²) in [5.41, 5.74) is 1.50. The van der Waals surface area contributed by atoms with Crippen LogP contribution in [0.1, 0.15) is 25.8 Å². The topological polar surface area (TPSA) is 0 Å². The van der Waals surface area contributed by atoms with E-state index in [1.807, 2.05) is 0 Å². The summed E-state index contributed by atoms with van der Waals surface area (Å²) in [6.07, 6.45) is 2.67. The summed E-state index contributed by atoms with van der Waals surface area (Å²) in [6.45, 7) is 4.70. The molecular weight excluding hydrogens is 219 g/mol. The van der Waals surface area contributed by atoms with Gasteiger partial charge in [-0.05, 0) is 0 Å². The molecule has 1 unspecified atom stereocenters. The van der Waals surface area contributed by atoms with Crippen molar-refractivity contribution in [3.8, 4) is 0 Å². The quantitative estimate of drug-likeness (QED) is 0.545. The van der Waals surface area contributed by atoms with Gasteiger partial charge >= 0.3 is 88.3 Å². The van der Waals surface area contributed by atoms with Crippen molar-refractivity contribution in [2.45, 2.75) is 36.6 Å². The first-order valence-corrected chi connectivity index (χ1v) is 7.76. The van der Waals surface area contributed by atoms with Crippen LogP contribution >= 0.6 is 0 Å². The van der Waals surface area contributed by atoms with Crippen molar-refractivity contribution in [1.29, 1.82) is 0 Å². The SMILES string of the molecule is CC(C)[AsH]CCCc1ccccc1. The van der Waals surface area contributed by atoms with Crippen LogP contribution in [0.2, 0.25) is 9.91 Å². The van der Waals surface area contributed by atoms with Crippen LogP contribution < -0.4 is 0 Å². The minimum atomic E-state index is 0.344. The van der Waals surface area contributed by atoms with Crippen LogP contribution in [0.5, 0.6) is 0 Å². The van der Waals surface area contributed by atoms with Gasteiger partial charge in [-0.25, -0.2) is 0 Å². The van der Waals surface area contributed by atoms with Crippen LogP contribution in [0, 0.1) is 0 Å². The van der Waals surface area contributed by atoms with Gasteiger partial charge < -0.3 is 0 Å². The monoisotopic (exact) mass is 238 g/mol. The van der Waals surface area contributed by atoms with E-state index >= 15 is 0 Å². The Morgan fingerprint density at radius 1 is 1.15 bits per heavy atom. The third kappa shape index (κ3) is 5.16. The van der Waals surface area contributed by atoms with E-state index in [1.165, 1.54) is 23.6 Å². The molecule has 1 atom stereocenters. The number of rotatable bonds is 5. The van der Waals surface area contributed by atoms with Crippen LogP contribution in [0.3, 0.4) is 0 Å². The van der Waals surface area contributed by atoms with E-state index in [0.29, 0.717) is 15.8 Å². The molecule has 1 rings (SSSR count).